The van der Waals surface area contributed by atoms with Crippen LogP contribution in [0.4, 0.5) is 0 Å². The number of nitrogens with one attached hydrogen (secondary N) is 1. The summed E-state index contributed by atoms with van der Waals surface area (Å²) in [5, 5.41) is 13.1. The molecule has 0 saturated heterocycles. The van der Waals surface area contributed by atoms with Crippen molar-refractivity contribution in [1.82, 2.24) is 10.3 Å². The number of fused-ring (bicyclic) bond motifs is 2. The van der Waals surface area contributed by atoms with Crippen LogP contribution in [-0.4, -0.2) is 29.2 Å². The van der Waals surface area contributed by atoms with Crippen LogP contribution in [0.3, 0.4) is 0 Å². The van der Waals surface area contributed by atoms with Crippen molar-refractivity contribution in [3.8, 4) is 16.9 Å². The van der Waals surface area contributed by atoms with Crippen molar-refractivity contribution in [2.24, 2.45) is 0 Å². The number of hydrogen-bond acceptors (Lipinski definition) is 4. The molecule has 5 nitrogen and oxygen atoms in total. The second-order valence-corrected chi connectivity index (χ2v) is 8.38. The lowest BCUT2D eigenvalue weighted by Crippen LogP contribution is -2.30. The molecule has 0 unspecified atom stereocenters. The SMILES string of the molecule is Cc1ccc2c(c1-c1ccc3c(c1)CCN[C@@H]3CCc1cnccc1C(=O)O)CCO2. The maximum Gasteiger partial charge on any atom is 0.336 e. The maximum atomic E-state index is 11.5. The van der Waals surface area contributed by atoms with Gasteiger partial charge in [-0.05, 0) is 78.2 Å². The van der Waals surface area contributed by atoms with Gasteiger partial charge in [-0.3, -0.25) is 4.98 Å². The van der Waals surface area contributed by atoms with Crippen molar-refractivity contribution >= 4 is 5.97 Å². The van der Waals surface area contributed by atoms with Crippen LogP contribution >= 0.6 is 0 Å². The largest absolute Gasteiger partial charge is 0.493 e. The molecule has 0 bridgehead atoms. The van der Waals surface area contributed by atoms with Gasteiger partial charge in [0.2, 0.25) is 0 Å². The normalized spacial score (nSPS) is 17.0. The highest BCUT2D eigenvalue weighted by molar-refractivity contribution is 5.89. The molecule has 1 aromatic heterocycles. The van der Waals surface area contributed by atoms with E-state index >= 15 is 0 Å². The molecular formula is C26H26N2O3. The van der Waals surface area contributed by atoms with Crippen molar-refractivity contribution in [2.45, 2.75) is 38.6 Å². The van der Waals surface area contributed by atoms with E-state index in [1.807, 2.05) is 0 Å². The quantitative estimate of drug-likeness (QED) is 0.643. The van der Waals surface area contributed by atoms with E-state index < -0.39 is 5.97 Å². The number of aromatic nitrogens is 1. The topological polar surface area (TPSA) is 71.5 Å². The summed E-state index contributed by atoms with van der Waals surface area (Å²) in [6.45, 7) is 3.86. The molecular weight excluding hydrogens is 388 g/mol. The van der Waals surface area contributed by atoms with Crippen LogP contribution in [0.5, 0.6) is 5.75 Å². The van der Waals surface area contributed by atoms with Crippen molar-refractivity contribution in [2.75, 3.05) is 13.2 Å². The predicted molar refractivity (Wildman–Crippen MR) is 120 cm³/mol. The van der Waals surface area contributed by atoms with Crippen LogP contribution in [0.2, 0.25) is 0 Å². The second kappa shape index (κ2) is 8.16. The highest BCUT2D eigenvalue weighted by Gasteiger charge is 2.23. The fourth-order valence-electron chi connectivity index (χ4n) is 5.00. The van der Waals surface area contributed by atoms with Crippen molar-refractivity contribution in [3.63, 3.8) is 0 Å². The summed E-state index contributed by atoms with van der Waals surface area (Å²) in [4.78, 5) is 15.6. The van der Waals surface area contributed by atoms with Gasteiger partial charge < -0.3 is 15.2 Å². The van der Waals surface area contributed by atoms with Gasteiger partial charge in [-0.25, -0.2) is 4.79 Å². The standard InChI is InChI=1S/C26H26N2O3/c1-16-2-7-24-22(10-13-31-24)25(16)18-3-5-20-17(14-18)8-12-28-23(20)6-4-19-15-27-11-9-21(19)26(29)30/h2-3,5,7,9,11,14-15,23,28H,4,6,8,10,12-13H2,1H3,(H,29,30)/t23-/m1/s1. The number of ether oxygens (including phenoxy) is 1. The third-order valence-electron chi connectivity index (χ3n) is 6.52. The average Bonchev–Trinajstić information content (AvgIpc) is 3.26. The Hall–Kier alpha value is -3.18. The van der Waals surface area contributed by atoms with E-state index in [1.54, 1.807) is 12.3 Å². The molecule has 5 rings (SSSR count). The van der Waals surface area contributed by atoms with Crippen molar-refractivity contribution in [3.05, 3.63) is 82.2 Å². The number of carbonyl (C=O) groups is 1. The lowest BCUT2D eigenvalue weighted by atomic mass is 9.86. The van der Waals surface area contributed by atoms with Crippen LogP contribution in [0.15, 0.2) is 48.8 Å². The van der Waals surface area contributed by atoms with E-state index in [9.17, 15) is 9.90 Å². The fraction of sp³-hybridized carbons (Fsp3) is 0.308. The first-order valence-corrected chi connectivity index (χ1v) is 10.9. The van der Waals surface area contributed by atoms with E-state index in [0.717, 1.165) is 43.7 Å². The van der Waals surface area contributed by atoms with Crippen LogP contribution in [0.25, 0.3) is 11.1 Å². The van der Waals surface area contributed by atoms with Crippen LogP contribution in [0.1, 0.15) is 50.6 Å². The highest BCUT2D eigenvalue weighted by atomic mass is 16.5. The minimum Gasteiger partial charge on any atom is -0.493 e. The van der Waals surface area contributed by atoms with Gasteiger partial charge in [0.05, 0.1) is 12.2 Å². The minimum atomic E-state index is -0.895. The van der Waals surface area contributed by atoms with E-state index in [0.29, 0.717) is 12.0 Å². The molecule has 2 aromatic carbocycles. The first-order valence-electron chi connectivity index (χ1n) is 10.9. The molecule has 2 aliphatic rings. The van der Waals surface area contributed by atoms with Gasteiger partial charge in [-0.2, -0.15) is 0 Å². The lowest BCUT2D eigenvalue weighted by molar-refractivity contribution is 0.0695. The van der Waals surface area contributed by atoms with Gasteiger partial charge in [0.1, 0.15) is 5.75 Å². The first kappa shape index (κ1) is 19.8. The van der Waals surface area contributed by atoms with E-state index in [1.165, 1.54) is 39.6 Å². The Bertz CT molecular complexity index is 1160. The zero-order valence-electron chi connectivity index (χ0n) is 17.6. The zero-order chi connectivity index (χ0) is 21.4. The molecule has 3 aromatic rings. The molecule has 0 radical (unpaired) electrons. The molecule has 5 heteroatoms. The predicted octanol–water partition coefficient (Wildman–Crippen LogP) is 4.51. The molecule has 0 fully saturated rings. The zero-order valence-corrected chi connectivity index (χ0v) is 17.6. The Morgan fingerprint density at radius 1 is 1.23 bits per heavy atom. The summed E-state index contributed by atoms with van der Waals surface area (Å²) in [7, 11) is 0. The number of carboxylic acids is 1. The van der Waals surface area contributed by atoms with Crippen LogP contribution in [-0.2, 0) is 19.3 Å². The number of benzene rings is 2. The van der Waals surface area contributed by atoms with Crippen LogP contribution < -0.4 is 10.1 Å². The molecule has 2 N–H and O–H groups in total. The fourth-order valence-corrected chi connectivity index (χ4v) is 5.00. The number of hydrogen-bond donors (Lipinski definition) is 2. The number of aromatic carboxylic acids is 1. The third-order valence-corrected chi connectivity index (χ3v) is 6.52. The van der Waals surface area contributed by atoms with Gasteiger partial charge in [-0.15, -0.1) is 0 Å². The Kier molecular flexibility index (Phi) is 5.20. The minimum absolute atomic E-state index is 0.213. The summed E-state index contributed by atoms with van der Waals surface area (Å²) in [6.07, 6.45) is 6.69. The number of carboxylic acid groups (broad SMARTS) is 1. The molecule has 0 saturated carbocycles. The third kappa shape index (κ3) is 3.70. The molecule has 31 heavy (non-hydrogen) atoms. The average molecular weight is 415 g/mol. The summed E-state index contributed by atoms with van der Waals surface area (Å²) >= 11 is 0. The summed E-state index contributed by atoms with van der Waals surface area (Å²) in [5.74, 6) is 0.123. The van der Waals surface area contributed by atoms with E-state index in [-0.39, 0.29) is 6.04 Å². The Labute approximate surface area is 182 Å². The van der Waals surface area contributed by atoms with Gasteiger partial charge in [0.15, 0.2) is 0 Å². The number of rotatable bonds is 5. The molecule has 1 atom stereocenters. The number of nitrogens with zero attached hydrogens (tertiary/aromatic N) is 1. The molecule has 0 aliphatic carbocycles. The van der Waals surface area contributed by atoms with Gasteiger partial charge in [0, 0.05) is 30.4 Å². The van der Waals surface area contributed by atoms with Crippen molar-refractivity contribution in [1.29, 1.82) is 0 Å². The first-order chi connectivity index (χ1) is 15.1. The Morgan fingerprint density at radius 3 is 3.00 bits per heavy atom. The molecule has 0 spiro atoms. The lowest BCUT2D eigenvalue weighted by Gasteiger charge is -2.28. The summed E-state index contributed by atoms with van der Waals surface area (Å²) in [6, 6.07) is 12.9. The summed E-state index contributed by atoms with van der Waals surface area (Å²) in [5.41, 5.74) is 9.01. The second-order valence-electron chi connectivity index (χ2n) is 8.38. The Balaban J connectivity index is 1.42. The smallest absolute Gasteiger partial charge is 0.336 e. The molecule has 158 valence electrons. The molecule has 0 amide bonds. The number of pyridine rings is 1. The van der Waals surface area contributed by atoms with Crippen LogP contribution in [0, 0.1) is 6.92 Å². The highest BCUT2D eigenvalue weighted by Crippen LogP contribution is 2.39. The maximum absolute atomic E-state index is 11.5. The monoisotopic (exact) mass is 414 g/mol. The van der Waals surface area contributed by atoms with Gasteiger partial charge in [-0.1, -0.05) is 24.3 Å². The summed E-state index contributed by atoms with van der Waals surface area (Å²) < 4.78 is 5.79. The van der Waals surface area contributed by atoms with Gasteiger partial charge >= 0.3 is 5.97 Å². The van der Waals surface area contributed by atoms with E-state index in [4.69, 9.17) is 4.74 Å². The van der Waals surface area contributed by atoms with Gasteiger partial charge in [0.25, 0.3) is 0 Å². The number of aryl methyl sites for hydroxylation is 2. The van der Waals surface area contributed by atoms with Crippen molar-refractivity contribution < 1.29 is 14.6 Å². The molecule has 3 heterocycles. The Morgan fingerprint density at radius 2 is 2.13 bits per heavy atom. The van der Waals surface area contributed by atoms with E-state index in [2.05, 4.69) is 47.6 Å². The molecule has 2 aliphatic heterocycles.